The van der Waals surface area contributed by atoms with Crippen molar-refractivity contribution in [1.82, 2.24) is 9.97 Å². The van der Waals surface area contributed by atoms with Gasteiger partial charge in [0, 0.05) is 11.8 Å². The zero-order valence-electron chi connectivity index (χ0n) is 9.21. The molecule has 0 spiro atoms. The molecule has 0 amide bonds. The summed E-state index contributed by atoms with van der Waals surface area (Å²) >= 11 is 11.3. The Bertz CT molecular complexity index is 701. The molecule has 0 aliphatic heterocycles. The van der Waals surface area contributed by atoms with Gasteiger partial charge in [-0.05, 0) is 29.8 Å². The van der Waals surface area contributed by atoms with Crippen molar-refractivity contribution in [2.75, 3.05) is 5.32 Å². The Hall–Kier alpha value is -1.41. The van der Waals surface area contributed by atoms with Crippen LogP contribution in [0, 0.1) is 0 Å². The first-order valence-electron chi connectivity index (χ1n) is 4.89. The maximum Gasteiger partial charge on any atom is 0.294 e. The first-order valence-corrected chi connectivity index (χ1v) is 7.09. The molecule has 9 heteroatoms. The van der Waals surface area contributed by atoms with Crippen molar-refractivity contribution in [3.05, 3.63) is 40.8 Å². The van der Waals surface area contributed by atoms with Crippen molar-refractivity contribution in [3.8, 4) is 0 Å². The van der Waals surface area contributed by atoms with E-state index >= 15 is 0 Å². The van der Waals surface area contributed by atoms with Gasteiger partial charge in [-0.3, -0.25) is 4.55 Å². The van der Waals surface area contributed by atoms with Gasteiger partial charge in [-0.15, -0.1) is 0 Å². The summed E-state index contributed by atoms with van der Waals surface area (Å²) in [6.07, 6.45) is 0. The average Bonchev–Trinajstić information content (AvgIpc) is 2.26. The maximum absolute atomic E-state index is 11.0. The number of hydrogen-bond donors (Lipinski definition) is 2. The quantitative estimate of drug-likeness (QED) is 0.513. The largest absolute Gasteiger partial charge is 0.340 e. The van der Waals surface area contributed by atoms with Crippen LogP contribution in [-0.2, 0) is 10.1 Å². The highest BCUT2D eigenvalue weighted by Gasteiger charge is 2.10. The number of anilines is 2. The molecule has 6 nitrogen and oxygen atoms in total. The first kappa shape index (κ1) is 14.0. The van der Waals surface area contributed by atoms with Gasteiger partial charge in [-0.25, -0.2) is 9.97 Å². The summed E-state index contributed by atoms with van der Waals surface area (Å²) in [5, 5.41) is 2.91. The van der Waals surface area contributed by atoms with E-state index < -0.39 is 10.1 Å². The summed E-state index contributed by atoms with van der Waals surface area (Å²) in [7, 11) is -4.26. The van der Waals surface area contributed by atoms with Crippen LogP contribution < -0.4 is 5.32 Å². The van der Waals surface area contributed by atoms with Crippen LogP contribution in [0.4, 0.5) is 11.5 Å². The second kappa shape index (κ2) is 5.30. The normalized spacial score (nSPS) is 11.3. The molecule has 0 aliphatic carbocycles. The molecule has 1 aromatic carbocycles. The lowest BCUT2D eigenvalue weighted by atomic mass is 10.3. The molecule has 0 saturated heterocycles. The summed E-state index contributed by atoms with van der Waals surface area (Å²) in [6, 6.07) is 7.00. The lowest BCUT2D eigenvalue weighted by molar-refractivity contribution is 0.483. The van der Waals surface area contributed by atoms with Gasteiger partial charge in [-0.1, -0.05) is 17.7 Å². The van der Waals surface area contributed by atoms with Crippen molar-refractivity contribution in [2.45, 2.75) is 4.90 Å². The molecule has 0 saturated carbocycles. The molecule has 2 N–H and O–H groups in total. The van der Waals surface area contributed by atoms with Crippen LogP contribution in [0.2, 0.25) is 10.4 Å². The van der Waals surface area contributed by atoms with Gasteiger partial charge in [0.15, 0.2) is 0 Å². The predicted octanol–water partition coefficient (Wildman–Crippen LogP) is 2.77. The van der Waals surface area contributed by atoms with Gasteiger partial charge in [0.2, 0.25) is 5.28 Å². The van der Waals surface area contributed by atoms with Crippen LogP contribution in [0.25, 0.3) is 0 Å². The third kappa shape index (κ3) is 3.77. The fraction of sp³-hybridized carbons (Fsp3) is 0. The standard InChI is InChI=1S/C10H7Cl2N3O3S/c11-8-5-9(15-10(12)14-8)13-6-2-1-3-7(4-6)19(16,17)18/h1-5H,(H,13,14,15)(H,16,17,18). The van der Waals surface area contributed by atoms with Crippen LogP contribution in [0.3, 0.4) is 0 Å². The Kier molecular flexibility index (Phi) is 3.91. The minimum Gasteiger partial charge on any atom is -0.340 e. The summed E-state index contributed by atoms with van der Waals surface area (Å²) in [5.41, 5.74) is 0.404. The molecule has 0 atom stereocenters. The third-order valence-electron chi connectivity index (χ3n) is 2.07. The molecule has 2 aromatic rings. The minimum atomic E-state index is -4.26. The van der Waals surface area contributed by atoms with E-state index in [-0.39, 0.29) is 15.3 Å². The molecule has 2 rings (SSSR count). The Morgan fingerprint density at radius 3 is 2.53 bits per heavy atom. The number of nitrogens with zero attached hydrogens (tertiary/aromatic N) is 2. The predicted molar refractivity (Wildman–Crippen MR) is 71.6 cm³/mol. The molecule has 0 radical (unpaired) electrons. The van der Waals surface area contributed by atoms with E-state index in [1.807, 2.05) is 0 Å². The average molecular weight is 320 g/mol. The highest BCUT2D eigenvalue weighted by Crippen LogP contribution is 2.21. The van der Waals surface area contributed by atoms with E-state index in [1.165, 1.54) is 24.3 Å². The monoisotopic (exact) mass is 319 g/mol. The molecule has 19 heavy (non-hydrogen) atoms. The zero-order chi connectivity index (χ0) is 14.0. The highest BCUT2D eigenvalue weighted by atomic mass is 35.5. The summed E-state index contributed by atoms with van der Waals surface area (Å²) < 4.78 is 31.0. The molecule has 0 aliphatic rings. The second-order valence-electron chi connectivity index (χ2n) is 3.47. The van der Waals surface area contributed by atoms with Crippen molar-refractivity contribution < 1.29 is 13.0 Å². The van der Waals surface area contributed by atoms with Crippen molar-refractivity contribution >= 4 is 44.8 Å². The highest BCUT2D eigenvalue weighted by molar-refractivity contribution is 7.85. The summed E-state index contributed by atoms with van der Waals surface area (Å²) in [4.78, 5) is 7.31. The van der Waals surface area contributed by atoms with Crippen LogP contribution in [0.15, 0.2) is 35.2 Å². The van der Waals surface area contributed by atoms with Gasteiger partial charge in [-0.2, -0.15) is 8.42 Å². The van der Waals surface area contributed by atoms with Crippen LogP contribution in [0.5, 0.6) is 0 Å². The smallest absolute Gasteiger partial charge is 0.294 e. The van der Waals surface area contributed by atoms with Crippen molar-refractivity contribution in [1.29, 1.82) is 0 Å². The van der Waals surface area contributed by atoms with Crippen LogP contribution in [0.1, 0.15) is 0 Å². The number of aromatic nitrogens is 2. The Morgan fingerprint density at radius 2 is 1.89 bits per heavy atom. The van der Waals surface area contributed by atoms with Gasteiger partial charge in [0.05, 0.1) is 4.90 Å². The van der Waals surface area contributed by atoms with E-state index in [4.69, 9.17) is 27.8 Å². The molecule has 0 fully saturated rings. The lowest BCUT2D eigenvalue weighted by Crippen LogP contribution is -2.00. The molecule has 1 heterocycles. The van der Waals surface area contributed by atoms with Gasteiger partial charge in [0.1, 0.15) is 11.0 Å². The van der Waals surface area contributed by atoms with E-state index in [0.717, 1.165) is 0 Å². The lowest BCUT2D eigenvalue weighted by Gasteiger charge is -2.07. The fourth-order valence-corrected chi connectivity index (χ4v) is 2.27. The molecular formula is C10H7Cl2N3O3S. The van der Waals surface area contributed by atoms with Crippen LogP contribution in [-0.4, -0.2) is 22.9 Å². The molecule has 100 valence electrons. The summed E-state index contributed by atoms with van der Waals surface area (Å²) in [6.45, 7) is 0. The Labute approximate surface area is 119 Å². The van der Waals surface area contributed by atoms with Crippen molar-refractivity contribution in [3.63, 3.8) is 0 Å². The number of hydrogen-bond acceptors (Lipinski definition) is 5. The van der Waals surface area contributed by atoms with E-state index in [1.54, 1.807) is 6.07 Å². The first-order chi connectivity index (χ1) is 8.84. The van der Waals surface area contributed by atoms with E-state index in [2.05, 4.69) is 15.3 Å². The van der Waals surface area contributed by atoms with Gasteiger partial charge >= 0.3 is 0 Å². The maximum atomic E-state index is 11.0. The number of nitrogens with one attached hydrogen (secondary N) is 1. The SMILES string of the molecule is O=S(=O)(O)c1cccc(Nc2cc(Cl)nc(Cl)n2)c1. The van der Waals surface area contributed by atoms with Crippen molar-refractivity contribution in [2.24, 2.45) is 0 Å². The Morgan fingerprint density at radius 1 is 1.16 bits per heavy atom. The van der Waals surface area contributed by atoms with Crippen LogP contribution >= 0.6 is 23.2 Å². The van der Waals surface area contributed by atoms with Gasteiger partial charge in [0.25, 0.3) is 10.1 Å². The fourth-order valence-electron chi connectivity index (χ4n) is 1.34. The topological polar surface area (TPSA) is 92.2 Å². The second-order valence-corrected chi connectivity index (χ2v) is 5.62. The Balaban J connectivity index is 2.33. The number of rotatable bonds is 3. The number of benzene rings is 1. The van der Waals surface area contributed by atoms with E-state index in [0.29, 0.717) is 11.5 Å². The molecule has 0 unspecified atom stereocenters. The third-order valence-corrected chi connectivity index (χ3v) is 3.28. The molecule has 1 aromatic heterocycles. The summed E-state index contributed by atoms with van der Waals surface area (Å²) in [5.74, 6) is 0.303. The molecule has 0 bridgehead atoms. The van der Waals surface area contributed by atoms with Gasteiger partial charge < -0.3 is 5.32 Å². The molecular weight excluding hydrogens is 313 g/mol. The zero-order valence-corrected chi connectivity index (χ0v) is 11.5. The van der Waals surface area contributed by atoms with E-state index in [9.17, 15) is 8.42 Å². The minimum absolute atomic E-state index is 0.0408. The number of halogens is 2.